The van der Waals surface area contributed by atoms with Gasteiger partial charge in [-0.15, -0.1) is 11.8 Å². The lowest BCUT2D eigenvalue weighted by Crippen LogP contribution is -2.44. The van der Waals surface area contributed by atoms with E-state index in [1.165, 1.54) is 11.3 Å². The Morgan fingerprint density at radius 2 is 1.97 bits per heavy atom. The first-order chi connectivity index (χ1) is 16.2. The summed E-state index contributed by atoms with van der Waals surface area (Å²) in [5.41, 5.74) is 7.85. The number of hydrogen-bond acceptors (Lipinski definition) is 6. The van der Waals surface area contributed by atoms with Gasteiger partial charge in [-0.05, 0) is 62.6 Å². The van der Waals surface area contributed by atoms with Gasteiger partial charge in [-0.1, -0.05) is 22.9 Å². The molecule has 0 radical (unpaired) electrons. The van der Waals surface area contributed by atoms with Gasteiger partial charge < -0.3 is 10.6 Å². The second kappa shape index (κ2) is 9.93. The number of nitrogens with two attached hydrogens (primary N) is 1. The third kappa shape index (κ3) is 5.21. The topological polar surface area (TPSA) is 105 Å². The summed E-state index contributed by atoms with van der Waals surface area (Å²) in [7, 11) is 0. The van der Waals surface area contributed by atoms with Crippen molar-refractivity contribution in [2.75, 3.05) is 18.4 Å². The molecule has 1 saturated heterocycles. The smallest absolute Gasteiger partial charge is 0.317 e. The zero-order valence-electron chi connectivity index (χ0n) is 18.9. The number of aromatic nitrogens is 1. The van der Waals surface area contributed by atoms with Crippen molar-refractivity contribution in [2.45, 2.75) is 42.8 Å². The number of hydrogen-bond donors (Lipinski definition) is 2. The van der Waals surface area contributed by atoms with Crippen LogP contribution >= 0.6 is 34.7 Å². The number of fused-ring (bicyclic) bond motifs is 2. The maximum Gasteiger partial charge on any atom is 0.317 e. The lowest BCUT2D eigenvalue weighted by atomic mass is 9.88. The number of primary amides is 1. The number of benzene rings is 1. The van der Waals surface area contributed by atoms with E-state index in [1.54, 1.807) is 22.7 Å². The Kier molecular flexibility index (Phi) is 7.16. The number of thiophene rings is 1. The van der Waals surface area contributed by atoms with Crippen molar-refractivity contribution in [3.8, 4) is 0 Å². The van der Waals surface area contributed by atoms with Crippen LogP contribution in [0.4, 0.5) is 9.80 Å². The molecule has 2 aromatic heterocycles. The molecule has 1 spiro atoms. The zero-order chi connectivity index (χ0) is 24.5. The number of carbonyl (C=O) groups excluding carboxylic acids is 3. The monoisotopic (exact) mass is 516 g/mol. The Balaban J connectivity index is 0.000000166. The SMILES string of the molecule is Cc1ccc2c(C)c(NC(N)=O)sc2n1.O=CN1CCC2(CC1)CC(=O)c1ccc(Cl)cc1S2. The number of likely N-dealkylation sites (tertiary alicyclic amines) is 1. The van der Waals surface area contributed by atoms with Crippen molar-refractivity contribution in [1.82, 2.24) is 9.88 Å². The quantitative estimate of drug-likeness (QED) is 0.443. The van der Waals surface area contributed by atoms with Gasteiger partial charge in [-0.2, -0.15) is 0 Å². The van der Waals surface area contributed by atoms with Crippen LogP contribution < -0.4 is 11.1 Å². The Morgan fingerprint density at radius 3 is 2.65 bits per heavy atom. The molecule has 4 heterocycles. The second-order valence-corrected chi connectivity index (χ2v) is 11.5. The van der Waals surface area contributed by atoms with Crippen molar-refractivity contribution in [2.24, 2.45) is 5.73 Å². The molecule has 3 aromatic rings. The van der Waals surface area contributed by atoms with Gasteiger partial charge in [0.1, 0.15) is 9.83 Å². The molecule has 3 N–H and O–H groups in total. The number of amides is 3. The van der Waals surface area contributed by atoms with Gasteiger partial charge in [0.05, 0.1) is 0 Å². The van der Waals surface area contributed by atoms with Gasteiger partial charge in [-0.25, -0.2) is 9.78 Å². The number of nitrogens with zero attached hydrogens (tertiary/aromatic N) is 2. The molecule has 5 rings (SSSR count). The lowest BCUT2D eigenvalue weighted by molar-refractivity contribution is -0.119. The first kappa shape index (κ1) is 24.5. The van der Waals surface area contributed by atoms with Crippen LogP contribution in [0.15, 0.2) is 35.2 Å². The number of anilines is 1. The van der Waals surface area contributed by atoms with E-state index in [-0.39, 0.29) is 10.5 Å². The van der Waals surface area contributed by atoms with Gasteiger partial charge in [0.25, 0.3) is 0 Å². The molecule has 10 heteroatoms. The summed E-state index contributed by atoms with van der Waals surface area (Å²) in [4.78, 5) is 41.9. The minimum absolute atomic E-state index is 0.0473. The normalized spacial score (nSPS) is 16.6. The second-order valence-electron chi connectivity index (χ2n) is 8.52. The van der Waals surface area contributed by atoms with E-state index in [1.807, 2.05) is 38.1 Å². The molecule has 0 saturated carbocycles. The third-order valence-corrected chi connectivity index (χ3v) is 8.99. The number of urea groups is 1. The number of aryl methyl sites for hydroxylation is 2. The molecule has 0 aliphatic carbocycles. The van der Waals surface area contributed by atoms with Gasteiger partial charge in [0.15, 0.2) is 5.78 Å². The van der Waals surface area contributed by atoms with E-state index in [0.29, 0.717) is 11.4 Å². The Hall–Kier alpha value is -2.62. The summed E-state index contributed by atoms with van der Waals surface area (Å²) in [6.07, 6.45) is 3.20. The van der Waals surface area contributed by atoms with Gasteiger partial charge in [-0.3, -0.25) is 14.9 Å². The van der Waals surface area contributed by atoms with Crippen LogP contribution in [0.1, 0.15) is 40.9 Å². The minimum atomic E-state index is -0.540. The molecule has 0 bridgehead atoms. The molecule has 34 heavy (non-hydrogen) atoms. The van der Waals surface area contributed by atoms with Gasteiger partial charge in [0.2, 0.25) is 6.41 Å². The average molecular weight is 517 g/mol. The van der Waals surface area contributed by atoms with E-state index in [9.17, 15) is 14.4 Å². The number of halogens is 1. The Morgan fingerprint density at radius 1 is 1.24 bits per heavy atom. The number of Topliss-reactive ketones (excluding diaryl/α,β-unsaturated/α-hetero) is 1. The molecule has 2 aliphatic rings. The van der Waals surface area contributed by atoms with Crippen LogP contribution in [0.2, 0.25) is 5.02 Å². The van der Waals surface area contributed by atoms with Crippen LogP contribution in [0.3, 0.4) is 0 Å². The van der Waals surface area contributed by atoms with Crippen molar-refractivity contribution >= 4 is 68.1 Å². The first-order valence-electron chi connectivity index (χ1n) is 10.8. The highest BCUT2D eigenvalue weighted by Crippen LogP contribution is 2.49. The molecule has 1 aromatic carbocycles. The third-order valence-electron chi connectivity index (χ3n) is 6.09. The summed E-state index contributed by atoms with van der Waals surface area (Å²) in [6.45, 7) is 5.36. The standard InChI is InChI=1S/C14H14ClNO2S.C10H11N3OS/c15-10-1-2-11-12(18)8-14(19-13(11)7-10)3-5-16(9-17)6-4-14;1-5-3-4-7-6(2)8(13-10(11)14)15-9(7)12-5/h1-2,7,9H,3-6,8H2;3-4H,1-2H3,(H3,11,13,14). The fourth-order valence-electron chi connectivity index (χ4n) is 4.21. The van der Waals surface area contributed by atoms with Crippen LogP contribution in [0.25, 0.3) is 10.2 Å². The van der Waals surface area contributed by atoms with E-state index in [2.05, 4.69) is 10.3 Å². The van der Waals surface area contributed by atoms with Crippen LogP contribution in [0.5, 0.6) is 0 Å². The summed E-state index contributed by atoms with van der Waals surface area (Å²) >= 11 is 9.22. The number of rotatable bonds is 2. The van der Waals surface area contributed by atoms with Crippen LogP contribution in [-0.4, -0.2) is 45.9 Å². The molecule has 1 fully saturated rings. The van der Waals surface area contributed by atoms with Gasteiger partial charge >= 0.3 is 6.03 Å². The predicted molar refractivity (Wildman–Crippen MR) is 138 cm³/mol. The summed E-state index contributed by atoms with van der Waals surface area (Å²) in [5, 5.41) is 5.11. The van der Waals surface area contributed by atoms with Crippen LogP contribution in [-0.2, 0) is 4.79 Å². The van der Waals surface area contributed by atoms with Gasteiger partial charge in [0, 0.05) is 50.8 Å². The maximum absolute atomic E-state index is 12.3. The first-order valence-corrected chi connectivity index (χ1v) is 12.8. The van der Waals surface area contributed by atoms with Crippen molar-refractivity contribution in [3.63, 3.8) is 0 Å². The molecule has 2 aliphatic heterocycles. The fourth-order valence-corrected chi connectivity index (χ4v) is 7.11. The molecule has 7 nitrogen and oxygen atoms in total. The minimum Gasteiger partial charge on any atom is -0.351 e. The molecule has 0 unspecified atom stereocenters. The number of ketones is 1. The summed E-state index contributed by atoms with van der Waals surface area (Å²) < 4.78 is -0.0473. The number of carbonyl (C=O) groups is 3. The number of piperidine rings is 1. The fraction of sp³-hybridized carbons (Fsp3) is 0.333. The Bertz CT molecular complexity index is 1270. The lowest BCUT2D eigenvalue weighted by Gasteiger charge is -2.42. The molecular formula is C24H25ClN4O3S2. The van der Waals surface area contributed by atoms with Crippen molar-refractivity contribution in [3.05, 3.63) is 52.2 Å². The number of thioether (sulfide) groups is 1. The van der Waals surface area contributed by atoms with E-state index < -0.39 is 6.03 Å². The molecule has 178 valence electrons. The predicted octanol–water partition coefficient (Wildman–Crippen LogP) is 5.41. The highest BCUT2D eigenvalue weighted by molar-refractivity contribution is 8.01. The molecule has 0 atom stereocenters. The largest absolute Gasteiger partial charge is 0.351 e. The number of pyridine rings is 1. The van der Waals surface area contributed by atoms with E-state index in [0.717, 1.165) is 69.3 Å². The average Bonchev–Trinajstić information content (AvgIpc) is 3.08. The summed E-state index contributed by atoms with van der Waals surface area (Å²) in [5.74, 6) is 0.199. The highest BCUT2D eigenvalue weighted by atomic mass is 35.5. The van der Waals surface area contributed by atoms with Crippen LogP contribution in [0, 0.1) is 13.8 Å². The molecular weight excluding hydrogens is 492 g/mol. The maximum atomic E-state index is 12.3. The highest BCUT2D eigenvalue weighted by Gasteiger charge is 2.41. The number of nitrogens with one attached hydrogen (secondary N) is 1. The molecule has 3 amide bonds. The zero-order valence-corrected chi connectivity index (χ0v) is 21.3. The van der Waals surface area contributed by atoms with E-state index in [4.69, 9.17) is 17.3 Å². The van der Waals surface area contributed by atoms with E-state index >= 15 is 0 Å². The Labute approximate surface area is 211 Å². The van der Waals surface area contributed by atoms with Crippen molar-refractivity contribution in [1.29, 1.82) is 0 Å². The van der Waals surface area contributed by atoms with Crippen molar-refractivity contribution < 1.29 is 14.4 Å². The summed E-state index contributed by atoms with van der Waals surface area (Å²) in [6, 6.07) is 8.89.